The third-order valence-electron chi connectivity index (χ3n) is 3.64. The average Bonchev–Trinajstić information content (AvgIpc) is 2.81. The second kappa shape index (κ2) is 6.54. The Morgan fingerprint density at radius 3 is 3.00 bits per heavy atom. The second-order valence-corrected chi connectivity index (χ2v) is 7.94. The molecule has 0 radical (unpaired) electrons. The fourth-order valence-electron chi connectivity index (χ4n) is 2.46. The summed E-state index contributed by atoms with van der Waals surface area (Å²) >= 11 is 0. The van der Waals surface area contributed by atoms with Crippen LogP contribution in [0.4, 0.5) is 5.82 Å². The van der Waals surface area contributed by atoms with Crippen molar-refractivity contribution in [1.29, 1.82) is 0 Å². The Bertz CT molecular complexity index is 545. The van der Waals surface area contributed by atoms with Gasteiger partial charge in [0.15, 0.2) is 0 Å². The number of nitrogens with one attached hydrogen (secondary N) is 1. The summed E-state index contributed by atoms with van der Waals surface area (Å²) < 4.78 is 22.3. The van der Waals surface area contributed by atoms with E-state index in [2.05, 4.69) is 22.1 Å². The van der Waals surface area contributed by atoms with Gasteiger partial charge < -0.3 is 10.2 Å². The summed E-state index contributed by atoms with van der Waals surface area (Å²) in [5.74, 6) is 1.74. The molecule has 0 spiro atoms. The Labute approximate surface area is 121 Å². The van der Waals surface area contributed by atoms with Crippen LogP contribution in [0.3, 0.4) is 0 Å². The minimum atomic E-state index is -2.86. The van der Waals surface area contributed by atoms with Crippen molar-refractivity contribution >= 4 is 15.7 Å². The first-order valence-corrected chi connectivity index (χ1v) is 9.05. The van der Waals surface area contributed by atoms with E-state index in [-0.39, 0.29) is 5.75 Å². The lowest BCUT2D eigenvalue weighted by Crippen LogP contribution is -2.28. The molecule has 1 fully saturated rings. The zero-order valence-corrected chi connectivity index (χ0v) is 13.0. The van der Waals surface area contributed by atoms with E-state index >= 15 is 0 Å². The van der Waals surface area contributed by atoms with Gasteiger partial charge in [0.25, 0.3) is 0 Å². The van der Waals surface area contributed by atoms with Gasteiger partial charge in [-0.1, -0.05) is 0 Å². The van der Waals surface area contributed by atoms with Crippen molar-refractivity contribution in [3.05, 3.63) is 23.9 Å². The highest BCUT2D eigenvalue weighted by Gasteiger charge is 2.22. The van der Waals surface area contributed by atoms with Crippen molar-refractivity contribution in [3.63, 3.8) is 0 Å². The molecule has 0 aromatic carbocycles. The first kappa shape index (κ1) is 15.3. The predicted octanol–water partition coefficient (Wildman–Crippen LogP) is 1.17. The first-order chi connectivity index (χ1) is 9.42. The molecule has 2 rings (SSSR count). The minimum absolute atomic E-state index is 0.257. The molecule has 2 heterocycles. The number of likely N-dealkylation sites (tertiary alicyclic amines) is 1. The van der Waals surface area contributed by atoms with E-state index in [0.29, 0.717) is 12.5 Å². The second-order valence-electron chi connectivity index (χ2n) is 5.68. The summed E-state index contributed by atoms with van der Waals surface area (Å²) in [5.41, 5.74) is 1.20. The standard InChI is InChI=1S/C14H23N3O2S/c1-12-3-5-15-14(9-12)16-10-13-4-6-17(11-13)7-8-20(2,18)19/h3,5,9,13H,4,6-8,10-11H2,1-2H3,(H,15,16)/t13-/m1/s1. The number of hydrogen-bond acceptors (Lipinski definition) is 5. The largest absolute Gasteiger partial charge is 0.370 e. The number of aryl methyl sites for hydroxylation is 1. The predicted molar refractivity (Wildman–Crippen MR) is 81.7 cm³/mol. The number of rotatable bonds is 6. The molecule has 1 saturated heterocycles. The number of hydrogen-bond donors (Lipinski definition) is 1. The molecule has 112 valence electrons. The van der Waals surface area contributed by atoms with Gasteiger partial charge in [-0.05, 0) is 43.5 Å². The van der Waals surface area contributed by atoms with Crippen molar-refractivity contribution in [2.45, 2.75) is 13.3 Å². The molecule has 0 unspecified atom stereocenters. The molecule has 1 aliphatic rings. The van der Waals surface area contributed by atoms with Gasteiger partial charge in [-0.15, -0.1) is 0 Å². The maximum atomic E-state index is 11.2. The van der Waals surface area contributed by atoms with E-state index in [0.717, 1.165) is 31.9 Å². The van der Waals surface area contributed by atoms with Crippen LogP contribution >= 0.6 is 0 Å². The Morgan fingerprint density at radius 2 is 2.30 bits per heavy atom. The molecule has 1 aromatic rings. The van der Waals surface area contributed by atoms with Crippen molar-refractivity contribution in [2.75, 3.05) is 43.5 Å². The summed E-state index contributed by atoms with van der Waals surface area (Å²) in [5, 5.41) is 3.36. The van der Waals surface area contributed by atoms with E-state index in [9.17, 15) is 8.42 Å². The lowest BCUT2D eigenvalue weighted by atomic mass is 10.1. The lowest BCUT2D eigenvalue weighted by Gasteiger charge is -2.15. The smallest absolute Gasteiger partial charge is 0.148 e. The zero-order chi connectivity index (χ0) is 14.6. The Morgan fingerprint density at radius 1 is 1.50 bits per heavy atom. The number of nitrogens with zero attached hydrogens (tertiary/aromatic N) is 2. The minimum Gasteiger partial charge on any atom is -0.370 e. The van der Waals surface area contributed by atoms with Gasteiger partial charge in [0.2, 0.25) is 0 Å². The quantitative estimate of drug-likeness (QED) is 0.854. The van der Waals surface area contributed by atoms with Crippen LogP contribution in [-0.4, -0.2) is 56.5 Å². The van der Waals surface area contributed by atoms with Gasteiger partial charge in [-0.2, -0.15) is 0 Å². The molecule has 0 aliphatic carbocycles. The molecular formula is C14H23N3O2S. The summed E-state index contributed by atoms with van der Waals surface area (Å²) in [6, 6.07) is 4.02. The van der Waals surface area contributed by atoms with E-state index < -0.39 is 9.84 Å². The van der Waals surface area contributed by atoms with E-state index in [1.165, 1.54) is 11.8 Å². The number of sulfone groups is 1. The molecule has 0 bridgehead atoms. The molecule has 5 nitrogen and oxygen atoms in total. The van der Waals surface area contributed by atoms with E-state index in [1.807, 2.05) is 18.3 Å². The lowest BCUT2D eigenvalue weighted by molar-refractivity contribution is 0.345. The molecule has 0 saturated carbocycles. The van der Waals surface area contributed by atoms with Crippen molar-refractivity contribution in [1.82, 2.24) is 9.88 Å². The fourth-order valence-corrected chi connectivity index (χ4v) is 3.05. The molecule has 1 atom stereocenters. The van der Waals surface area contributed by atoms with Crippen LogP contribution in [0.25, 0.3) is 0 Å². The molecular weight excluding hydrogens is 274 g/mol. The molecule has 6 heteroatoms. The van der Waals surface area contributed by atoms with Crippen molar-refractivity contribution < 1.29 is 8.42 Å². The van der Waals surface area contributed by atoms with Crippen LogP contribution in [-0.2, 0) is 9.84 Å². The van der Waals surface area contributed by atoms with E-state index in [4.69, 9.17) is 0 Å². The Kier molecular flexibility index (Phi) is 4.99. The Hall–Kier alpha value is -1.14. The van der Waals surface area contributed by atoms with Crippen LogP contribution < -0.4 is 5.32 Å². The summed E-state index contributed by atoms with van der Waals surface area (Å²) in [7, 11) is -2.86. The highest BCUT2D eigenvalue weighted by atomic mass is 32.2. The van der Waals surface area contributed by atoms with Gasteiger partial charge in [-0.25, -0.2) is 13.4 Å². The van der Waals surface area contributed by atoms with Crippen LogP contribution in [0.5, 0.6) is 0 Å². The molecule has 0 amide bonds. The average molecular weight is 297 g/mol. The summed E-state index contributed by atoms with van der Waals surface area (Å²) in [6.45, 7) is 5.55. The molecule has 20 heavy (non-hydrogen) atoms. The van der Waals surface area contributed by atoms with E-state index in [1.54, 1.807) is 0 Å². The topological polar surface area (TPSA) is 62.3 Å². The highest BCUT2D eigenvalue weighted by molar-refractivity contribution is 7.90. The number of anilines is 1. The number of aromatic nitrogens is 1. The Balaban J connectivity index is 1.73. The first-order valence-electron chi connectivity index (χ1n) is 6.99. The monoisotopic (exact) mass is 297 g/mol. The van der Waals surface area contributed by atoms with Gasteiger partial charge in [0.05, 0.1) is 5.75 Å². The maximum absolute atomic E-state index is 11.2. The van der Waals surface area contributed by atoms with Crippen molar-refractivity contribution in [2.24, 2.45) is 5.92 Å². The zero-order valence-electron chi connectivity index (χ0n) is 12.2. The van der Waals surface area contributed by atoms with Crippen LogP contribution in [0.15, 0.2) is 18.3 Å². The van der Waals surface area contributed by atoms with Crippen LogP contribution in [0.2, 0.25) is 0 Å². The normalized spacial score (nSPS) is 20.2. The summed E-state index contributed by atoms with van der Waals surface area (Å²) in [4.78, 5) is 6.52. The van der Waals surface area contributed by atoms with Gasteiger partial charge >= 0.3 is 0 Å². The maximum Gasteiger partial charge on any atom is 0.148 e. The number of pyridine rings is 1. The third kappa shape index (κ3) is 5.09. The van der Waals surface area contributed by atoms with Gasteiger partial charge in [-0.3, -0.25) is 0 Å². The fraction of sp³-hybridized carbons (Fsp3) is 0.643. The molecule has 1 N–H and O–H groups in total. The van der Waals surface area contributed by atoms with Crippen molar-refractivity contribution in [3.8, 4) is 0 Å². The van der Waals surface area contributed by atoms with Crippen LogP contribution in [0.1, 0.15) is 12.0 Å². The van der Waals surface area contributed by atoms with Gasteiger partial charge in [0, 0.05) is 32.1 Å². The van der Waals surface area contributed by atoms with Gasteiger partial charge in [0.1, 0.15) is 15.7 Å². The SMILES string of the molecule is Cc1ccnc(NC[C@H]2CCN(CCS(C)(=O)=O)C2)c1. The highest BCUT2D eigenvalue weighted by Crippen LogP contribution is 2.17. The van der Waals surface area contributed by atoms with Crippen LogP contribution in [0, 0.1) is 12.8 Å². The summed E-state index contributed by atoms with van der Waals surface area (Å²) in [6.07, 6.45) is 4.22. The molecule has 1 aliphatic heterocycles. The molecule has 1 aromatic heterocycles. The third-order valence-corrected chi connectivity index (χ3v) is 4.56.